The van der Waals surface area contributed by atoms with Gasteiger partial charge < -0.3 is 9.51 Å². The number of hydrogen-bond donors (Lipinski definition) is 1. The van der Waals surface area contributed by atoms with Crippen molar-refractivity contribution >= 4 is 0 Å². The minimum atomic E-state index is 0.303. The zero-order valence-electron chi connectivity index (χ0n) is 9.03. The van der Waals surface area contributed by atoms with Gasteiger partial charge in [0, 0.05) is 12.4 Å². The van der Waals surface area contributed by atoms with Crippen molar-refractivity contribution in [1.29, 1.82) is 5.26 Å². The van der Waals surface area contributed by atoms with Gasteiger partial charge in [-0.2, -0.15) is 10.2 Å². The molecule has 0 saturated heterocycles. The molecule has 0 aliphatic rings. The molecule has 86 valence electrons. The van der Waals surface area contributed by atoms with Crippen LogP contribution in [0.4, 0.5) is 0 Å². The van der Waals surface area contributed by atoms with E-state index in [1.807, 2.05) is 6.07 Å². The summed E-state index contributed by atoms with van der Waals surface area (Å²) in [6, 6.07) is 5.33. The lowest BCUT2D eigenvalue weighted by Gasteiger charge is -1.88. The van der Waals surface area contributed by atoms with Crippen LogP contribution in [-0.2, 0) is 0 Å². The third-order valence-corrected chi connectivity index (χ3v) is 2.26. The Bertz CT molecular complexity index is 708. The van der Waals surface area contributed by atoms with Crippen LogP contribution in [0.2, 0.25) is 0 Å². The van der Waals surface area contributed by atoms with Gasteiger partial charge in [-0.1, -0.05) is 5.16 Å². The number of nitrogens with one attached hydrogen (secondary N) is 1. The highest BCUT2D eigenvalue weighted by Crippen LogP contribution is 2.19. The Morgan fingerprint density at radius 3 is 2.94 bits per heavy atom. The maximum atomic E-state index is 8.71. The molecule has 7 heteroatoms. The highest BCUT2D eigenvalue weighted by molar-refractivity contribution is 5.54. The van der Waals surface area contributed by atoms with Crippen LogP contribution in [-0.4, -0.2) is 25.1 Å². The molecule has 3 heterocycles. The molecule has 0 saturated carbocycles. The van der Waals surface area contributed by atoms with E-state index in [-0.39, 0.29) is 0 Å². The number of rotatable bonds is 2. The van der Waals surface area contributed by atoms with Crippen LogP contribution >= 0.6 is 0 Å². The minimum absolute atomic E-state index is 0.303. The summed E-state index contributed by atoms with van der Waals surface area (Å²) in [6.45, 7) is 0. The summed E-state index contributed by atoms with van der Waals surface area (Å²) in [7, 11) is 0. The average molecular weight is 238 g/mol. The molecular formula is C11H6N6O. The van der Waals surface area contributed by atoms with Crippen LogP contribution in [0.25, 0.3) is 23.1 Å². The molecular weight excluding hydrogens is 232 g/mol. The van der Waals surface area contributed by atoms with Gasteiger partial charge in [-0.15, -0.1) is 0 Å². The molecule has 0 spiro atoms. The van der Waals surface area contributed by atoms with Crippen LogP contribution in [0.5, 0.6) is 0 Å². The number of aromatic nitrogens is 5. The third kappa shape index (κ3) is 1.72. The molecule has 0 radical (unpaired) electrons. The SMILES string of the molecule is N#Cc1ccc(-c2nc(-c3cnccn3)no2)[nH]1. The van der Waals surface area contributed by atoms with Crippen LogP contribution in [0.15, 0.2) is 35.2 Å². The Morgan fingerprint density at radius 1 is 1.28 bits per heavy atom. The standard InChI is InChI=1S/C11H6N6O/c12-5-7-1-2-8(15-7)11-16-10(17-18-11)9-6-13-3-4-14-9/h1-4,6,15H. The fourth-order valence-electron chi connectivity index (χ4n) is 1.44. The molecule has 3 aromatic rings. The number of nitriles is 1. The first-order valence-electron chi connectivity index (χ1n) is 5.06. The Balaban J connectivity index is 1.97. The number of hydrogen-bond acceptors (Lipinski definition) is 6. The first-order valence-corrected chi connectivity index (χ1v) is 5.06. The monoisotopic (exact) mass is 238 g/mol. The average Bonchev–Trinajstić information content (AvgIpc) is 3.08. The van der Waals surface area contributed by atoms with Crippen molar-refractivity contribution < 1.29 is 4.52 Å². The van der Waals surface area contributed by atoms with E-state index in [0.29, 0.717) is 28.8 Å². The highest BCUT2D eigenvalue weighted by atomic mass is 16.5. The molecule has 0 atom stereocenters. The van der Waals surface area contributed by atoms with Crippen molar-refractivity contribution in [1.82, 2.24) is 25.1 Å². The topological polar surface area (TPSA) is 104 Å². The molecule has 0 amide bonds. The van der Waals surface area contributed by atoms with E-state index in [1.165, 1.54) is 0 Å². The lowest BCUT2D eigenvalue weighted by atomic mass is 10.4. The van der Waals surface area contributed by atoms with Crippen molar-refractivity contribution in [3.8, 4) is 29.2 Å². The second kappa shape index (κ2) is 4.10. The number of aromatic amines is 1. The van der Waals surface area contributed by atoms with Gasteiger partial charge in [-0.25, -0.2) is 4.98 Å². The van der Waals surface area contributed by atoms with Crippen molar-refractivity contribution in [2.45, 2.75) is 0 Å². The molecule has 0 aromatic carbocycles. The zero-order chi connectivity index (χ0) is 12.4. The summed E-state index contributed by atoms with van der Waals surface area (Å²) in [4.78, 5) is 15.0. The van der Waals surface area contributed by atoms with Gasteiger partial charge in [0.15, 0.2) is 0 Å². The molecule has 3 aromatic heterocycles. The second-order valence-corrected chi connectivity index (χ2v) is 3.41. The van der Waals surface area contributed by atoms with E-state index >= 15 is 0 Å². The van der Waals surface area contributed by atoms with Crippen molar-refractivity contribution in [2.24, 2.45) is 0 Å². The summed E-state index contributed by atoms with van der Waals surface area (Å²) in [5, 5.41) is 12.5. The van der Waals surface area contributed by atoms with E-state index in [9.17, 15) is 0 Å². The Labute approximate surface area is 101 Å². The summed E-state index contributed by atoms with van der Waals surface area (Å²) in [5.74, 6) is 0.656. The smallest absolute Gasteiger partial charge is 0.274 e. The van der Waals surface area contributed by atoms with E-state index in [4.69, 9.17) is 9.78 Å². The van der Waals surface area contributed by atoms with Crippen LogP contribution in [0.1, 0.15) is 5.69 Å². The number of nitrogens with zero attached hydrogens (tertiary/aromatic N) is 5. The number of H-pyrrole nitrogens is 1. The highest BCUT2D eigenvalue weighted by Gasteiger charge is 2.12. The third-order valence-electron chi connectivity index (χ3n) is 2.26. The fourth-order valence-corrected chi connectivity index (χ4v) is 1.44. The van der Waals surface area contributed by atoms with Gasteiger partial charge in [0.25, 0.3) is 5.89 Å². The van der Waals surface area contributed by atoms with Crippen molar-refractivity contribution in [3.63, 3.8) is 0 Å². The van der Waals surface area contributed by atoms with Crippen LogP contribution in [0.3, 0.4) is 0 Å². The normalized spacial score (nSPS) is 10.2. The first-order chi connectivity index (χ1) is 8.86. The molecule has 0 aliphatic heterocycles. The maximum Gasteiger partial charge on any atom is 0.274 e. The Morgan fingerprint density at radius 2 is 2.22 bits per heavy atom. The molecule has 1 N–H and O–H groups in total. The molecule has 0 bridgehead atoms. The van der Waals surface area contributed by atoms with Gasteiger partial charge in [0.05, 0.1) is 6.20 Å². The van der Waals surface area contributed by atoms with Gasteiger partial charge in [-0.05, 0) is 12.1 Å². The largest absolute Gasteiger partial charge is 0.342 e. The molecule has 0 aliphatic carbocycles. The minimum Gasteiger partial charge on any atom is -0.342 e. The molecule has 0 fully saturated rings. The molecule has 3 rings (SSSR count). The fraction of sp³-hybridized carbons (Fsp3) is 0. The van der Waals surface area contributed by atoms with Crippen LogP contribution < -0.4 is 0 Å². The van der Waals surface area contributed by atoms with Gasteiger partial charge >= 0.3 is 0 Å². The molecule has 7 nitrogen and oxygen atoms in total. The summed E-state index contributed by atoms with van der Waals surface area (Å²) in [5.41, 5.74) is 1.55. The Kier molecular flexibility index (Phi) is 2.32. The summed E-state index contributed by atoms with van der Waals surface area (Å²) in [6.07, 6.45) is 4.66. The van der Waals surface area contributed by atoms with Gasteiger partial charge in [0.2, 0.25) is 5.82 Å². The summed E-state index contributed by atoms with van der Waals surface area (Å²) >= 11 is 0. The van der Waals surface area contributed by atoms with Gasteiger partial charge in [-0.3, -0.25) is 4.98 Å². The first kappa shape index (κ1) is 10.2. The predicted octanol–water partition coefficient (Wildman–Crippen LogP) is 1.39. The van der Waals surface area contributed by atoms with E-state index in [2.05, 4.69) is 25.1 Å². The van der Waals surface area contributed by atoms with Crippen molar-refractivity contribution in [2.75, 3.05) is 0 Å². The predicted molar refractivity (Wildman–Crippen MR) is 59.8 cm³/mol. The lowest BCUT2D eigenvalue weighted by Crippen LogP contribution is -1.86. The molecule has 0 unspecified atom stereocenters. The summed E-state index contributed by atoms with van der Waals surface area (Å²) < 4.78 is 5.09. The lowest BCUT2D eigenvalue weighted by molar-refractivity contribution is 0.431. The quantitative estimate of drug-likeness (QED) is 0.723. The Hall–Kier alpha value is -3.01. The second-order valence-electron chi connectivity index (χ2n) is 3.41. The van der Waals surface area contributed by atoms with E-state index in [0.717, 1.165) is 0 Å². The van der Waals surface area contributed by atoms with Crippen LogP contribution in [0, 0.1) is 11.3 Å². The van der Waals surface area contributed by atoms with E-state index in [1.54, 1.807) is 30.7 Å². The zero-order valence-corrected chi connectivity index (χ0v) is 9.03. The van der Waals surface area contributed by atoms with Crippen molar-refractivity contribution in [3.05, 3.63) is 36.4 Å². The maximum absolute atomic E-state index is 8.71. The van der Waals surface area contributed by atoms with E-state index < -0.39 is 0 Å². The molecule has 18 heavy (non-hydrogen) atoms. The van der Waals surface area contributed by atoms with Gasteiger partial charge in [0.1, 0.15) is 23.2 Å².